The minimum absolute atomic E-state index is 0.0503. The Morgan fingerprint density at radius 2 is 1.86 bits per heavy atom. The number of hydrogen-bond acceptors (Lipinski definition) is 6. The Morgan fingerprint density at radius 1 is 1.24 bits per heavy atom. The molecule has 0 amide bonds. The van der Waals surface area contributed by atoms with Crippen molar-refractivity contribution in [2.45, 2.75) is 17.1 Å². The average Bonchev–Trinajstić information content (AvgIpc) is 2.91. The van der Waals surface area contributed by atoms with Gasteiger partial charge in [-0.2, -0.15) is 4.31 Å². The summed E-state index contributed by atoms with van der Waals surface area (Å²) < 4.78 is 32.1. The number of sulfonamides is 1. The average molecular weight is 314 g/mol. The van der Waals surface area contributed by atoms with Crippen molar-refractivity contribution in [1.29, 1.82) is 0 Å². The molecule has 2 N–H and O–H groups in total. The summed E-state index contributed by atoms with van der Waals surface area (Å²) in [6.45, 7) is -0.333. The summed E-state index contributed by atoms with van der Waals surface area (Å²) >= 11 is 0. The van der Waals surface area contributed by atoms with Crippen molar-refractivity contribution in [3.63, 3.8) is 0 Å². The van der Waals surface area contributed by atoms with Gasteiger partial charge in [-0.05, 0) is 12.1 Å². The molecule has 1 aromatic carbocycles. The van der Waals surface area contributed by atoms with Gasteiger partial charge in [0.25, 0.3) is 0 Å². The van der Waals surface area contributed by atoms with Gasteiger partial charge in [-0.15, -0.1) is 0 Å². The number of β-amino-alcohol motifs (C(OH)–C–C–N with tert-alkyl or cyclic N) is 2. The van der Waals surface area contributed by atoms with Crippen molar-refractivity contribution in [1.82, 2.24) is 8.87 Å². The number of aliphatic hydroxyl groups is 2. The standard InChI is InChI=1S/C12H14N2O6S/c1-13-8-3-2-7(4-11(8)20-12(13)17)21(18,19)14-5-9(15)10(16)6-14/h2-4,9-10,15-16H,5-6H2,1H3/t9-,10+. The Bertz CT molecular complexity index is 842. The number of aryl methyl sites for hydroxylation is 1. The van der Waals surface area contributed by atoms with Gasteiger partial charge in [0.2, 0.25) is 10.0 Å². The highest BCUT2D eigenvalue weighted by Gasteiger charge is 2.37. The second-order valence-corrected chi connectivity index (χ2v) is 6.95. The van der Waals surface area contributed by atoms with Crippen LogP contribution in [0.25, 0.3) is 11.1 Å². The maximum absolute atomic E-state index is 12.4. The normalized spacial score (nSPS) is 24.0. The summed E-state index contributed by atoms with van der Waals surface area (Å²) in [5.41, 5.74) is 0.657. The quantitative estimate of drug-likeness (QED) is 0.724. The van der Waals surface area contributed by atoms with Crippen LogP contribution in [-0.2, 0) is 17.1 Å². The third kappa shape index (κ3) is 2.18. The van der Waals surface area contributed by atoms with Crippen molar-refractivity contribution in [3.8, 4) is 0 Å². The van der Waals surface area contributed by atoms with Gasteiger partial charge in [-0.3, -0.25) is 4.57 Å². The van der Waals surface area contributed by atoms with Gasteiger partial charge in [0, 0.05) is 26.2 Å². The third-order valence-corrected chi connectivity index (χ3v) is 5.45. The largest absolute Gasteiger partial charge is 0.419 e. The van der Waals surface area contributed by atoms with Crippen LogP contribution < -0.4 is 5.76 Å². The lowest BCUT2D eigenvalue weighted by Gasteiger charge is -2.15. The molecule has 1 aliphatic rings. The van der Waals surface area contributed by atoms with Crippen molar-refractivity contribution in [3.05, 3.63) is 28.7 Å². The highest BCUT2D eigenvalue weighted by molar-refractivity contribution is 7.89. The number of benzene rings is 1. The van der Waals surface area contributed by atoms with Crippen LogP contribution in [0.4, 0.5) is 0 Å². The van der Waals surface area contributed by atoms with E-state index < -0.39 is 28.0 Å². The molecule has 9 heteroatoms. The molecule has 0 unspecified atom stereocenters. The van der Waals surface area contributed by atoms with Gasteiger partial charge < -0.3 is 14.6 Å². The second kappa shape index (κ2) is 4.67. The molecule has 21 heavy (non-hydrogen) atoms. The number of rotatable bonds is 2. The lowest BCUT2D eigenvalue weighted by molar-refractivity contribution is 0.0572. The van der Waals surface area contributed by atoms with Crippen molar-refractivity contribution < 1.29 is 23.0 Å². The molecule has 1 aromatic heterocycles. The molecular formula is C12H14N2O6S. The topological polar surface area (TPSA) is 113 Å². The molecular weight excluding hydrogens is 300 g/mol. The van der Waals surface area contributed by atoms with E-state index in [1.165, 1.54) is 29.8 Å². The summed E-state index contributed by atoms with van der Waals surface area (Å²) in [5, 5.41) is 18.9. The zero-order valence-electron chi connectivity index (χ0n) is 11.1. The molecule has 0 bridgehead atoms. The first-order valence-electron chi connectivity index (χ1n) is 6.26. The smallest absolute Gasteiger partial charge is 0.408 e. The fourth-order valence-corrected chi connectivity index (χ4v) is 3.85. The number of hydrogen-bond donors (Lipinski definition) is 2. The Morgan fingerprint density at radius 3 is 2.48 bits per heavy atom. The molecule has 3 rings (SSSR count). The predicted octanol–water partition coefficient (Wildman–Crippen LogP) is -1.14. The van der Waals surface area contributed by atoms with Crippen LogP contribution in [0.5, 0.6) is 0 Å². The predicted molar refractivity (Wildman–Crippen MR) is 72.2 cm³/mol. The van der Waals surface area contributed by atoms with E-state index in [0.717, 1.165) is 4.31 Å². The van der Waals surface area contributed by atoms with Crippen LogP contribution in [0.2, 0.25) is 0 Å². The number of aliphatic hydroxyl groups excluding tert-OH is 2. The molecule has 1 saturated heterocycles. The Labute approximate surface area is 119 Å². The second-order valence-electron chi connectivity index (χ2n) is 5.01. The molecule has 0 aliphatic carbocycles. The van der Waals surface area contributed by atoms with E-state index in [2.05, 4.69) is 0 Å². The summed E-state index contributed by atoms with van der Waals surface area (Å²) in [6.07, 6.45) is -2.20. The first kappa shape index (κ1) is 14.3. The van der Waals surface area contributed by atoms with Crippen molar-refractivity contribution in [2.24, 2.45) is 7.05 Å². The van der Waals surface area contributed by atoms with Crippen LogP contribution in [0.3, 0.4) is 0 Å². The van der Waals surface area contributed by atoms with Crippen LogP contribution in [0.1, 0.15) is 0 Å². The lowest BCUT2D eigenvalue weighted by Crippen LogP contribution is -2.29. The zero-order chi connectivity index (χ0) is 15.4. The number of fused-ring (bicyclic) bond motifs is 1. The van der Waals surface area contributed by atoms with Gasteiger partial charge in [0.05, 0.1) is 22.6 Å². The first-order valence-corrected chi connectivity index (χ1v) is 7.70. The fraction of sp³-hybridized carbons (Fsp3) is 0.417. The maximum atomic E-state index is 12.4. The Kier molecular flexibility index (Phi) is 3.17. The van der Waals surface area contributed by atoms with E-state index in [1.54, 1.807) is 0 Å². The minimum Gasteiger partial charge on any atom is -0.408 e. The molecule has 0 radical (unpaired) electrons. The molecule has 1 aliphatic heterocycles. The molecule has 2 heterocycles. The fourth-order valence-electron chi connectivity index (χ4n) is 2.36. The van der Waals surface area contributed by atoms with E-state index >= 15 is 0 Å². The molecule has 1 fully saturated rings. The first-order chi connectivity index (χ1) is 9.80. The summed E-state index contributed by atoms with van der Waals surface area (Å²) in [6, 6.07) is 4.11. The van der Waals surface area contributed by atoms with Crippen LogP contribution in [0, 0.1) is 0 Å². The van der Waals surface area contributed by atoms with E-state index in [-0.39, 0.29) is 23.6 Å². The molecule has 114 valence electrons. The number of nitrogens with zero attached hydrogens (tertiary/aromatic N) is 2. The van der Waals surface area contributed by atoms with Crippen molar-refractivity contribution >= 4 is 21.1 Å². The van der Waals surface area contributed by atoms with Crippen LogP contribution >= 0.6 is 0 Å². The SMILES string of the molecule is Cn1c(=O)oc2cc(S(=O)(=O)N3C[C@@H](O)[C@@H](O)C3)ccc21. The minimum atomic E-state index is -3.86. The van der Waals surface area contributed by atoms with E-state index in [1.807, 2.05) is 0 Å². The van der Waals surface area contributed by atoms with Gasteiger partial charge in [0.15, 0.2) is 5.58 Å². The Balaban J connectivity index is 2.05. The van der Waals surface area contributed by atoms with Gasteiger partial charge in [-0.25, -0.2) is 13.2 Å². The molecule has 2 aromatic rings. The number of aromatic nitrogens is 1. The molecule has 0 spiro atoms. The van der Waals surface area contributed by atoms with Crippen LogP contribution in [0.15, 0.2) is 32.3 Å². The summed E-state index contributed by atoms with van der Waals surface area (Å²) in [5.74, 6) is -0.577. The maximum Gasteiger partial charge on any atom is 0.419 e. The molecule has 0 saturated carbocycles. The lowest BCUT2D eigenvalue weighted by atomic mass is 10.3. The van der Waals surface area contributed by atoms with E-state index in [0.29, 0.717) is 5.52 Å². The zero-order valence-corrected chi connectivity index (χ0v) is 11.9. The van der Waals surface area contributed by atoms with E-state index in [4.69, 9.17) is 4.42 Å². The highest BCUT2D eigenvalue weighted by Crippen LogP contribution is 2.24. The summed E-state index contributed by atoms with van der Waals surface area (Å²) in [4.78, 5) is 11.4. The molecule has 8 nitrogen and oxygen atoms in total. The van der Waals surface area contributed by atoms with Gasteiger partial charge in [0.1, 0.15) is 0 Å². The number of oxazole rings is 1. The monoisotopic (exact) mass is 314 g/mol. The molecule has 2 atom stereocenters. The third-order valence-electron chi connectivity index (χ3n) is 3.63. The van der Waals surface area contributed by atoms with Crippen molar-refractivity contribution in [2.75, 3.05) is 13.1 Å². The Hall–Kier alpha value is -1.68. The van der Waals surface area contributed by atoms with Gasteiger partial charge >= 0.3 is 5.76 Å². The van der Waals surface area contributed by atoms with E-state index in [9.17, 15) is 23.4 Å². The highest BCUT2D eigenvalue weighted by atomic mass is 32.2. The summed E-state index contributed by atoms with van der Waals surface area (Å²) in [7, 11) is -2.33. The van der Waals surface area contributed by atoms with Gasteiger partial charge in [-0.1, -0.05) is 0 Å². The van der Waals surface area contributed by atoms with Crippen LogP contribution in [-0.4, -0.2) is 52.8 Å².